The van der Waals surface area contributed by atoms with Crippen LogP contribution in [0.5, 0.6) is 11.5 Å². The SMILES string of the molecule is COC(=O)C1C(=O)C2=C(CC1C)NC(C)=C(C(=O)OC(C)C)C2c1ccc(OC)cc1OC. The molecule has 0 saturated heterocycles. The van der Waals surface area contributed by atoms with Crippen LogP contribution in [-0.4, -0.2) is 45.2 Å². The molecule has 33 heavy (non-hydrogen) atoms. The van der Waals surface area contributed by atoms with Gasteiger partial charge in [-0.3, -0.25) is 9.59 Å². The number of carbonyl (C=O) groups excluding carboxylic acids is 3. The van der Waals surface area contributed by atoms with Gasteiger partial charge in [-0.25, -0.2) is 4.79 Å². The minimum atomic E-state index is -0.955. The summed E-state index contributed by atoms with van der Waals surface area (Å²) in [7, 11) is 4.33. The summed E-state index contributed by atoms with van der Waals surface area (Å²) in [5.74, 6) is -2.45. The predicted molar refractivity (Wildman–Crippen MR) is 121 cm³/mol. The molecule has 8 heteroatoms. The van der Waals surface area contributed by atoms with Crippen LogP contribution in [-0.2, 0) is 23.9 Å². The molecule has 1 aromatic rings. The summed E-state index contributed by atoms with van der Waals surface area (Å²) >= 11 is 0. The van der Waals surface area contributed by atoms with Crippen molar-refractivity contribution in [1.82, 2.24) is 5.32 Å². The maximum atomic E-state index is 13.7. The molecule has 3 atom stereocenters. The summed E-state index contributed by atoms with van der Waals surface area (Å²) < 4.78 is 21.4. The molecule has 1 aliphatic heterocycles. The second-order valence-electron chi connectivity index (χ2n) is 8.60. The largest absolute Gasteiger partial charge is 0.497 e. The first-order chi connectivity index (χ1) is 15.6. The van der Waals surface area contributed by atoms with E-state index in [1.54, 1.807) is 46.1 Å². The van der Waals surface area contributed by atoms with Crippen LogP contribution in [0.1, 0.15) is 45.6 Å². The number of Topliss-reactive ketones (excluding diaryl/α,β-unsaturated/α-hetero) is 1. The molecule has 178 valence electrons. The van der Waals surface area contributed by atoms with Crippen LogP contribution >= 0.6 is 0 Å². The number of methoxy groups -OCH3 is 3. The van der Waals surface area contributed by atoms with Gasteiger partial charge in [-0.2, -0.15) is 0 Å². The summed E-state index contributed by atoms with van der Waals surface area (Å²) in [6.45, 7) is 7.15. The molecule has 3 rings (SSSR count). The molecular formula is C25H31NO7. The number of rotatable bonds is 6. The lowest BCUT2D eigenvalue weighted by Crippen LogP contribution is -2.43. The third kappa shape index (κ3) is 4.47. The normalized spacial score (nSPS) is 22.5. The highest BCUT2D eigenvalue weighted by molar-refractivity contribution is 6.12. The van der Waals surface area contributed by atoms with Crippen molar-refractivity contribution >= 4 is 17.7 Å². The zero-order valence-electron chi connectivity index (χ0n) is 20.1. The molecule has 1 N–H and O–H groups in total. The van der Waals surface area contributed by atoms with E-state index >= 15 is 0 Å². The second kappa shape index (κ2) is 9.68. The summed E-state index contributed by atoms with van der Waals surface area (Å²) in [6.07, 6.45) is 0.108. The standard InChI is InChI=1S/C25H31NO7/c1-12(2)33-25(29)20-14(4)26-17-10-13(3)19(24(28)32-7)23(27)22(17)21(20)16-9-8-15(30-5)11-18(16)31-6/h8-9,11-13,19,21,26H,10H2,1-7H3. The first-order valence-electron chi connectivity index (χ1n) is 10.9. The Balaban J connectivity index is 2.25. The third-order valence-corrected chi connectivity index (χ3v) is 6.06. The second-order valence-corrected chi connectivity index (χ2v) is 8.60. The van der Waals surface area contributed by atoms with Gasteiger partial charge in [0.2, 0.25) is 0 Å². The Morgan fingerprint density at radius 3 is 2.39 bits per heavy atom. The van der Waals surface area contributed by atoms with Crippen LogP contribution in [0.15, 0.2) is 40.7 Å². The number of hydrogen-bond acceptors (Lipinski definition) is 8. The van der Waals surface area contributed by atoms with Gasteiger partial charge in [-0.05, 0) is 39.2 Å². The topological polar surface area (TPSA) is 100 Å². The van der Waals surface area contributed by atoms with Gasteiger partial charge in [0, 0.05) is 28.6 Å². The minimum absolute atomic E-state index is 0.258. The number of hydrogen-bond donors (Lipinski definition) is 1. The molecule has 0 spiro atoms. The zero-order chi connectivity index (χ0) is 24.4. The lowest BCUT2D eigenvalue weighted by molar-refractivity contribution is -0.151. The Labute approximate surface area is 193 Å². The van der Waals surface area contributed by atoms with E-state index in [4.69, 9.17) is 18.9 Å². The number of dihydropyridines is 1. The summed E-state index contributed by atoms with van der Waals surface area (Å²) in [6, 6.07) is 5.22. The Morgan fingerprint density at radius 2 is 1.82 bits per heavy atom. The van der Waals surface area contributed by atoms with Gasteiger partial charge in [-0.1, -0.05) is 13.0 Å². The highest BCUT2D eigenvalue weighted by Gasteiger charge is 2.48. The molecule has 0 saturated carbocycles. The maximum Gasteiger partial charge on any atom is 0.337 e. The van der Waals surface area contributed by atoms with Gasteiger partial charge in [0.1, 0.15) is 17.4 Å². The molecule has 0 fully saturated rings. The molecule has 1 heterocycles. The molecule has 2 aliphatic rings. The highest BCUT2D eigenvalue weighted by atomic mass is 16.5. The van der Waals surface area contributed by atoms with Gasteiger partial charge >= 0.3 is 11.9 Å². The van der Waals surface area contributed by atoms with Crippen molar-refractivity contribution in [3.63, 3.8) is 0 Å². The van der Waals surface area contributed by atoms with Gasteiger partial charge in [0.05, 0.1) is 38.9 Å². The van der Waals surface area contributed by atoms with Gasteiger partial charge in [0.25, 0.3) is 0 Å². The van der Waals surface area contributed by atoms with E-state index in [1.807, 2.05) is 6.92 Å². The quantitative estimate of drug-likeness (QED) is 0.513. The molecule has 8 nitrogen and oxygen atoms in total. The van der Waals surface area contributed by atoms with Gasteiger partial charge in [0.15, 0.2) is 5.78 Å². The van der Waals surface area contributed by atoms with Crippen molar-refractivity contribution in [3.05, 3.63) is 46.3 Å². The van der Waals surface area contributed by atoms with Crippen LogP contribution in [0.4, 0.5) is 0 Å². The summed E-state index contributed by atoms with van der Waals surface area (Å²) in [4.78, 5) is 39.5. The number of carbonyl (C=O) groups is 3. The molecule has 1 aromatic carbocycles. The highest BCUT2D eigenvalue weighted by Crippen LogP contribution is 2.48. The molecule has 0 radical (unpaired) electrons. The van der Waals surface area contributed by atoms with E-state index in [0.29, 0.717) is 46.0 Å². The average molecular weight is 458 g/mol. The Morgan fingerprint density at radius 1 is 1.12 bits per heavy atom. The van der Waals surface area contributed by atoms with Gasteiger partial charge < -0.3 is 24.3 Å². The molecule has 1 aliphatic carbocycles. The van der Waals surface area contributed by atoms with E-state index in [0.717, 1.165) is 0 Å². The van der Waals surface area contributed by atoms with Crippen LogP contribution in [0.3, 0.4) is 0 Å². The van der Waals surface area contributed by atoms with Gasteiger partial charge in [-0.15, -0.1) is 0 Å². The number of benzene rings is 1. The molecule has 0 aromatic heterocycles. The molecule has 0 amide bonds. The lowest BCUT2D eigenvalue weighted by Gasteiger charge is -2.38. The number of esters is 2. The van der Waals surface area contributed by atoms with E-state index in [9.17, 15) is 14.4 Å². The minimum Gasteiger partial charge on any atom is -0.497 e. The van der Waals surface area contributed by atoms with E-state index in [1.165, 1.54) is 14.2 Å². The Hall–Kier alpha value is -3.29. The monoisotopic (exact) mass is 457 g/mol. The molecular weight excluding hydrogens is 426 g/mol. The van der Waals surface area contributed by atoms with Crippen LogP contribution in [0.2, 0.25) is 0 Å². The van der Waals surface area contributed by atoms with E-state index < -0.39 is 23.8 Å². The smallest absolute Gasteiger partial charge is 0.337 e. The zero-order valence-corrected chi connectivity index (χ0v) is 20.1. The van der Waals surface area contributed by atoms with Crippen molar-refractivity contribution in [2.45, 2.75) is 46.1 Å². The first-order valence-corrected chi connectivity index (χ1v) is 10.9. The number of ketones is 1. The number of ether oxygens (including phenoxy) is 4. The maximum absolute atomic E-state index is 13.7. The average Bonchev–Trinajstić information content (AvgIpc) is 2.76. The van der Waals surface area contributed by atoms with Crippen LogP contribution in [0, 0.1) is 11.8 Å². The van der Waals surface area contributed by atoms with Crippen LogP contribution in [0.25, 0.3) is 0 Å². The fourth-order valence-electron chi connectivity index (χ4n) is 4.60. The van der Waals surface area contributed by atoms with Crippen molar-refractivity contribution in [3.8, 4) is 11.5 Å². The summed E-state index contributed by atoms with van der Waals surface area (Å²) in [5, 5.41) is 3.24. The van der Waals surface area contributed by atoms with Crippen molar-refractivity contribution in [1.29, 1.82) is 0 Å². The first kappa shape index (κ1) is 24.4. The number of nitrogens with one attached hydrogen (secondary N) is 1. The predicted octanol–water partition coefficient (Wildman–Crippen LogP) is 3.27. The third-order valence-electron chi connectivity index (χ3n) is 6.06. The van der Waals surface area contributed by atoms with Crippen molar-refractivity contribution in [2.24, 2.45) is 11.8 Å². The Bertz CT molecular complexity index is 1040. The van der Waals surface area contributed by atoms with Crippen LogP contribution < -0.4 is 14.8 Å². The number of allylic oxidation sites excluding steroid dienone is 3. The fraction of sp³-hybridized carbons (Fsp3) is 0.480. The van der Waals surface area contributed by atoms with Crippen molar-refractivity contribution < 1.29 is 33.3 Å². The Kier molecular flexibility index (Phi) is 7.15. The summed E-state index contributed by atoms with van der Waals surface area (Å²) in [5.41, 5.74) is 2.55. The van der Waals surface area contributed by atoms with E-state index in [2.05, 4.69) is 5.32 Å². The van der Waals surface area contributed by atoms with E-state index in [-0.39, 0.29) is 17.8 Å². The van der Waals surface area contributed by atoms with Crippen molar-refractivity contribution in [2.75, 3.05) is 21.3 Å². The molecule has 3 unspecified atom stereocenters. The molecule has 0 bridgehead atoms. The fourth-order valence-corrected chi connectivity index (χ4v) is 4.60. The lowest BCUT2D eigenvalue weighted by atomic mass is 9.69.